The molecule has 0 saturated carbocycles. The van der Waals surface area contributed by atoms with Gasteiger partial charge in [-0.3, -0.25) is 4.79 Å². The Morgan fingerprint density at radius 1 is 1.50 bits per heavy atom. The van der Waals surface area contributed by atoms with Crippen LogP contribution in [0.2, 0.25) is 0 Å². The van der Waals surface area contributed by atoms with Crippen LogP contribution in [-0.4, -0.2) is 13.1 Å². The second kappa shape index (κ2) is 4.28. The molecule has 0 radical (unpaired) electrons. The van der Waals surface area contributed by atoms with Crippen molar-refractivity contribution in [2.45, 2.75) is 6.92 Å². The van der Waals surface area contributed by atoms with E-state index in [1.807, 2.05) is 6.07 Å². The molecule has 1 rings (SSSR count). The summed E-state index contributed by atoms with van der Waals surface area (Å²) >= 11 is 0. The zero-order valence-electron chi connectivity index (χ0n) is 7.90. The average molecular weight is 191 g/mol. The highest BCUT2D eigenvalue weighted by Gasteiger charge is 2.05. The Kier molecular flexibility index (Phi) is 3.08. The fourth-order valence-electron chi connectivity index (χ4n) is 1.00. The number of carbonyl (C=O) groups excluding carboxylic acids is 1. The van der Waals surface area contributed by atoms with E-state index in [0.29, 0.717) is 17.1 Å². The third-order valence-electron chi connectivity index (χ3n) is 1.55. The summed E-state index contributed by atoms with van der Waals surface area (Å²) in [5.74, 6) is 0.386. The monoisotopic (exact) mass is 191 g/mol. The van der Waals surface area contributed by atoms with Gasteiger partial charge in [-0.05, 0) is 12.1 Å². The summed E-state index contributed by atoms with van der Waals surface area (Å²) in [6.45, 7) is 1.30. The quantitative estimate of drug-likeness (QED) is 0.525. The highest BCUT2D eigenvalue weighted by Crippen LogP contribution is 2.23. The lowest BCUT2D eigenvalue weighted by Crippen LogP contribution is -2.01. The molecule has 0 aliphatic carbocycles. The maximum absolute atomic E-state index is 10.6. The van der Waals surface area contributed by atoms with Crippen LogP contribution in [0.25, 0.3) is 0 Å². The summed E-state index contributed by atoms with van der Waals surface area (Å²) in [6.07, 6.45) is 0. The average Bonchev–Trinajstić information content (AvgIpc) is 2.16. The molecule has 1 aromatic rings. The van der Waals surface area contributed by atoms with Crippen molar-refractivity contribution in [3.05, 3.63) is 23.8 Å². The number of esters is 1. The van der Waals surface area contributed by atoms with Crippen molar-refractivity contribution in [2.24, 2.45) is 0 Å². The van der Waals surface area contributed by atoms with Gasteiger partial charge in [-0.2, -0.15) is 5.26 Å². The number of benzene rings is 1. The van der Waals surface area contributed by atoms with Crippen LogP contribution in [0.4, 0.5) is 0 Å². The summed E-state index contributed by atoms with van der Waals surface area (Å²) in [7, 11) is 1.47. The number of nitrogens with zero attached hydrogens (tertiary/aromatic N) is 1. The van der Waals surface area contributed by atoms with Crippen molar-refractivity contribution in [2.75, 3.05) is 7.11 Å². The first-order valence-corrected chi connectivity index (χ1v) is 3.94. The fourth-order valence-corrected chi connectivity index (χ4v) is 1.00. The SMILES string of the molecule is COc1ccc(OC(C)=O)cc1C#N. The summed E-state index contributed by atoms with van der Waals surface area (Å²) in [5.41, 5.74) is 0.339. The molecule has 4 heteroatoms. The van der Waals surface area contributed by atoms with Gasteiger partial charge in [-0.15, -0.1) is 0 Å². The molecule has 0 atom stereocenters. The van der Waals surface area contributed by atoms with Gasteiger partial charge in [0.25, 0.3) is 0 Å². The van der Waals surface area contributed by atoms with Crippen molar-refractivity contribution in [1.29, 1.82) is 5.26 Å². The van der Waals surface area contributed by atoms with Gasteiger partial charge < -0.3 is 9.47 Å². The van der Waals surface area contributed by atoms with Gasteiger partial charge in [0, 0.05) is 13.0 Å². The molecule has 0 aliphatic heterocycles. The second-order valence-electron chi connectivity index (χ2n) is 2.57. The molecule has 72 valence electrons. The van der Waals surface area contributed by atoms with Crippen molar-refractivity contribution < 1.29 is 14.3 Å². The maximum Gasteiger partial charge on any atom is 0.308 e. The summed E-state index contributed by atoms with van der Waals surface area (Å²) < 4.78 is 9.74. The third-order valence-corrected chi connectivity index (χ3v) is 1.55. The lowest BCUT2D eigenvalue weighted by molar-refractivity contribution is -0.131. The van der Waals surface area contributed by atoms with E-state index in [9.17, 15) is 4.79 Å². The second-order valence-corrected chi connectivity index (χ2v) is 2.57. The van der Waals surface area contributed by atoms with Gasteiger partial charge in [0.1, 0.15) is 17.6 Å². The van der Waals surface area contributed by atoms with Gasteiger partial charge in [-0.1, -0.05) is 0 Å². The van der Waals surface area contributed by atoms with E-state index in [4.69, 9.17) is 14.7 Å². The topological polar surface area (TPSA) is 59.3 Å². The number of nitriles is 1. The molecule has 0 aromatic heterocycles. The van der Waals surface area contributed by atoms with Crippen molar-refractivity contribution in [3.63, 3.8) is 0 Å². The van der Waals surface area contributed by atoms with Gasteiger partial charge in [0.15, 0.2) is 0 Å². The first-order valence-electron chi connectivity index (χ1n) is 3.94. The third kappa shape index (κ3) is 2.23. The smallest absolute Gasteiger partial charge is 0.308 e. The van der Waals surface area contributed by atoms with Gasteiger partial charge >= 0.3 is 5.97 Å². The minimum atomic E-state index is -0.418. The van der Waals surface area contributed by atoms with E-state index < -0.39 is 5.97 Å². The number of carbonyl (C=O) groups is 1. The Morgan fingerprint density at radius 2 is 2.21 bits per heavy atom. The van der Waals surface area contributed by atoms with Crippen LogP contribution >= 0.6 is 0 Å². The Morgan fingerprint density at radius 3 is 2.71 bits per heavy atom. The molecule has 1 aromatic carbocycles. The number of hydrogen-bond acceptors (Lipinski definition) is 4. The van der Waals surface area contributed by atoms with Crippen LogP contribution < -0.4 is 9.47 Å². The lowest BCUT2D eigenvalue weighted by atomic mass is 10.2. The molecule has 0 amide bonds. The molecule has 0 heterocycles. The molecule has 0 spiro atoms. The van der Waals surface area contributed by atoms with Crippen LogP contribution in [0.15, 0.2) is 18.2 Å². The summed E-state index contributed by atoms with van der Waals surface area (Å²) in [5, 5.41) is 8.74. The van der Waals surface area contributed by atoms with E-state index in [1.54, 1.807) is 12.1 Å². The van der Waals surface area contributed by atoms with Crippen LogP contribution in [0.3, 0.4) is 0 Å². The summed E-state index contributed by atoms with van der Waals surface area (Å²) in [6, 6.07) is 6.55. The molecule has 0 saturated heterocycles. The molecule has 0 unspecified atom stereocenters. The Bertz CT molecular complexity index is 393. The number of methoxy groups -OCH3 is 1. The van der Waals surface area contributed by atoms with E-state index in [-0.39, 0.29) is 0 Å². The van der Waals surface area contributed by atoms with E-state index in [2.05, 4.69) is 0 Å². The molecule has 0 N–H and O–H groups in total. The summed E-state index contributed by atoms with van der Waals surface area (Å²) in [4.78, 5) is 10.6. The minimum absolute atomic E-state index is 0.339. The van der Waals surface area contributed by atoms with E-state index >= 15 is 0 Å². The molecular formula is C10H9NO3. The van der Waals surface area contributed by atoms with Gasteiger partial charge in [0.2, 0.25) is 0 Å². The normalized spacial score (nSPS) is 8.93. The van der Waals surface area contributed by atoms with Gasteiger partial charge in [0.05, 0.1) is 12.7 Å². The van der Waals surface area contributed by atoms with Crippen molar-refractivity contribution in [1.82, 2.24) is 0 Å². The van der Waals surface area contributed by atoms with E-state index in [1.165, 1.54) is 20.1 Å². The molecule has 0 aliphatic rings. The molecule has 0 fully saturated rings. The number of hydrogen-bond donors (Lipinski definition) is 0. The van der Waals surface area contributed by atoms with Crippen LogP contribution in [-0.2, 0) is 4.79 Å². The molecule has 4 nitrogen and oxygen atoms in total. The van der Waals surface area contributed by atoms with E-state index in [0.717, 1.165) is 0 Å². The molecule has 14 heavy (non-hydrogen) atoms. The largest absolute Gasteiger partial charge is 0.495 e. The minimum Gasteiger partial charge on any atom is -0.495 e. The van der Waals surface area contributed by atoms with Crippen LogP contribution in [0, 0.1) is 11.3 Å². The van der Waals surface area contributed by atoms with Crippen molar-refractivity contribution >= 4 is 5.97 Å². The predicted molar refractivity (Wildman–Crippen MR) is 49.0 cm³/mol. The Labute approximate surface area is 81.7 Å². The van der Waals surface area contributed by atoms with Crippen LogP contribution in [0.1, 0.15) is 12.5 Å². The lowest BCUT2D eigenvalue weighted by Gasteiger charge is -2.04. The number of ether oxygens (including phenoxy) is 2. The predicted octanol–water partition coefficient (Wildman–Crippen LogP) is 1.49. The zero-order valence-corrected chi connectivity index (χ0v) is 7.90. The Balaban J connectivity index is 3.03. The Hall–Kier alpha value is -2.02. The first kappa shape index (κ1) is 10.1. The van der Waals surface area contributed by atoms with Crippen LogP contribution in [0.5, 0.6) is 11.5 Å². The maximum atomic E-state index is 10.6. The van der Waals surface area contributed by atoms with Gasteiger partial charge in [-0.25, -0.2) is 0 Å². The highest BCUT2D eigenvalue weighted by atomic mass is 16.5. The highest BCUT2D eigenvalue weighted by molar-refractivity contribution is 5.69. The fraction of sp³-hybridized carbons (Fsp3) is 0.200. The first-order chi connectivity index (χ1) is 6.67. The number of rotatable bonds is 2. The zero-order chi connectivity index (χ0) is 10.6. The molecule has 0 bridgehead atoms. The van der Waals surface area contributed by atoms with Crippen molar-refractivity contribution in [3.8, 4) is 17.6 Å². The standard InChI is InChI=1S/C10H9NO3/c1-7(12)14-9-3-4-10(13-2)8(5-9)6-11/h3-5H,1-2H3. The molecular weight excluding hydrogens is 182 g/mol.